The SMILES string of the molecule is Cc1cn2cc(NS(=O)(=O)c3ccc(N4C[C@@H](C)N[C@H](C)C4)c4cn(C)nc34)cc(F)c2n1. The Morgan fingerprint density at radius 3 is 2.61 bits per heavy atom. The topological polar surface area (TPSA) is 96.6 Å². The molecule has 0 aliphatic carbocycles. The zero-order chi connectivity index (χ0) is 23.5. The number of anilines is 2. The lowest BCUT2D eigenvalue weighted by atomic mass is 10.1. The van der Waals surface area contributed by atoms with Crippen LogP contribution in [0, 0.1) is 12.7 Å². The lowest BCUT2D eigenvalue weighted by molar-refractivity contribution is 0.407. The fraction of sp³-hybridized carbons (Fsp3) is 0.364. The molecule has 0 spiro atoms. The zero-order valence-electron chi connectivity index (χ0n) is 18.9. The third-order valence-corrected chi connectivity index (χ3v) is 7.21. The minimum Gasteiger partial charge on any atom is -0.368 e. The van der Waals surface area contributed by atoms with Crippen LogP contribution in [0.15, 0.2) is 41.7 Å². The van der Waals surface area contributed by atoms with Crippen LogP contribution >= 0.6 is 0 Å². The molecule has 0 saturated carbocycles. The maximum atomic E-state index is 14.5. The molecule has 2 atom stereocenters. The molecule has 2 N–H and O–H groups in total. The highest BCUT2D eigenvalue weighted by molar-refractivity contribution is 7.93. The van der Waals surface area contributed by atoms with Crippen molar-refractivity contribution in [3.8, 4) is 0 Å². The highest BCUT2D eigenvalue weighted by Crippen LogP contribution is 2.33. The Hall–Kier alpha value is -3.18. The summed E-state index contributed by atoms with van der Waals surface area (Å²) >= 11 is 0. The summed E-state index contributed by atoms with van der Waals surface area (Å²) in [6.07, 6.45) is 4.97. The van der Waals surface area contributed by atoms with Crippen LogP contribution in [-0.2, 0) is 17.1 Å². The number of fused-ring (bicyclic) bond motifs is 2. The average molecular weight is 472 g/mol. The summed E-state index contributed by atoms with van der Waals surface area (Å²) in [4.78, 5) is 6.40. The summed E-state index contributed by atoms with van der Waals surface area (Å²) in [7, 11) is -2.27. The number of nitrogens with one attached hydrogen (secondary N) is 2. The Bertz CT molecular complexity index is 1470. The Morgan fingerprint density at radius 2 is 1.88 bits per heavy atom. The van der Waals surface area contributed by atoms with E-state index in [4.69, 9.17) is 0 Å². The van der Waals surface area contributed by atoms with Gasteiger partial charge >= 0.3 is 0 Å². The maximum Gasteiger partial charge on any atom is 0.264 e. The van der Waals surface area contributed by atoms with Crippen LogP contribution in [-0.4, -0.2) is 52.8 Å². The Balaban J connectivity index is 1.56. The number of sulfonamides is 1. The molecule has 1 saturated heterocycles. The molecule has 1 aliphatic rings. The Labute approximate surface area is 191 Å². The third kappa shape index (κ3) is 3.91. The van der Waals surface area contributed by atoms with E-state index < -0.39 is 15.8 Å². The lowest BCUT2D eigenvalue weighted by Gasteiger charge is -2.38. The molecule has 1 aromatic carbocycles. The van der Waals surface area contributed by atoms with E-state index in [2.05, 4.69) is 38.9 Å². The highest BCUT2D eigenvalue weighted by Gasteiger charge is 2.27. The van der Waals surface area contributed by atoms with Gasteiger partial charge in [0.05, 0.1) is 11.4 Å². The first-order chi connectivity index (χ1) is 15.6. The van der Waals surface area contributed by atoms with Gasteiger partial charge in [-0.1, -0.05) is 0 Å². The van der Waals surface area contributed by atoms with Crippen LogP contribution in [0.5, 0.6) is 0 Å². The van der Waals surface area contributed by atoms with E-state index in [9.17, 15) is 12.8 Å². The van der Waals surface area contributed by atoms with Gasteiger partial charge in [-0.3, -0.25) is 9.40 Å². The van der Waals surface area contributed by atoms with Crippen molar-refractivity contribution in [2.75, 3.05) is 22.7 Å². The maximum absolute atomic E-state index is 14.5. The van der Waals surface area contributed by atoms with Gasteiger partial charge in [0.2, 0.25) is 0 Å². The van der Waals surface area contributed by atoms with Crippen molar-refractivity contribution in [1.82, 2.24) is 24.5 Å². The van der Waals surface area contributed by atoms with E-state index in [1.807, 2.05) is 12.3 Å². The summed E-state index contributed by atoms with van der Waals surface area (Å²) in [5, 5.41) is 8.72. The second kappa shape index (κ2) is 7.70. The van der Waals surface area contributed by atoms with E-state index in [0.717, 1.165) is 30.2 Å². The van der Waals surface area contributed by atoms with Crippen molar-refractivity contribution >= 4 is 37.9 Å². The molecule has 0 bridgehead atoms. The van der Waals surface area contributed by atoms with Gasteiger partial charge in [-0.25, -0.2) is 17.8 Å². The standard InChI is InChI=1S/C22H26FN7O2S/c1-13-8-29(9-14(2)24-13)19-5-6-20(21-17(19)12-28(4)26-21)33(31,32)27-16-7-18(23)22-25-15(3)10-30(22)11-16/h5-7,10-14,24,27H,8-9H2,1-4H3/t13-,14-/m1/s1. The molecule has 1 fully saturated rings. The minimum atomic E-state index is -4.03. The van der Waals surface area contributed by atoms with Crippen molar-refractivity contribution in [2.45, 2.75) is 37.8 Å². The predicted octanol–water partition coefficient (Wildman–Crippen LogP) is 2.66. The minimum absolute atomic E-state index is 0.0420. The Kier molecular flexibility index (Phi) is 5.05. The van der Waals surface area contributed by atoms with Gasteiger partial charge in [0.1, 0.15) is 10.4 Å². The smallest absolute Gasteiger partial charge is 0.264 e. The average Bonchev–Trinajstić information content (AvgIpc) is 3.27. The molecule has 174 valence electrons. The summed E-state index contributed by atoms with van der Waals surface area (Å²) in [6, 6.07) is 5.14. The van der Waals surface area contributed by atoms with E-state index in [1.165, 1.54) is 10.6 Å². The van der Waals surface area contributed by atoms with E-state index in [1.54, 1.807) is 30.9 Å². The van der Waals surface area contributed by atoms with Crippen LogP contribution in [0.4, 0.5) is 15.8 Å². The number of halogens is 1. The van der Waals surface area contributed by atoms with Gasteiger partial charge < -0.3 is 14.6 Å². The van der Waals surface area contributed by atoms with Crippen LogP contribution in [0.25, 0.3) is 16.6 Å². The van der Waals surface area contributed by atoms with Gasteiger partial charge in [-0.05, 0) is 32.9 Å². The van der Waals surface area contributed by atoms with Gasteiger partial charge in [-0.15, -0.1) is 0 Å². The monoisotopic (exact) mass is 471 g/mol. The number of hydrogen-bond acceptors (Lipinski definition) is 6. The summed E-state index contributed by atoms with van der Waals surface area (Å²) < 4.78 is 46.7. The van der Waals surface area contributed by atoms with Crippen LogP contribution in [0.2, 0.25) is 0 Å². The number of hydrogen-bond donors (Lipinski definition) is 2. The van der Waals surface area contributed by atoms with Crippen molar-refractivity contribution in [2.24, 2.45) is 7.05 Å². The van der Waals surface area contributed by atoms with Crippen molar-refractivity contribution in [3.63, 3.8) is 0 Å². The van der Waals surface area contributed by atoms with Crippen molar-refractivity contribution in [1.29, 1.82) is 0 Å². The molecule has 1 aliphatic heterocycles. The first kappa shape index (κ1) is 21.7. The zero-order valence-corrected chi connectivity index (χ0v) is 19.7. The lowest BCUT2D eigenvalue weighted by Crippen LogP contribution is -2.54. The Morgan fingerprint density at radius 1 is 1.15 bits per heavy atom. The van der Waals surface area contributed by atoms with Gasteiger partial charge in [0, 0.05) is 68.0 Å². The molecule has 5 rings (SSSR count). The highest BCUT2D eigenvalue weighted by atomic mass is 32.2. The van der Waals surface area contributed by atoms with E-state index >= 15 is 0 Å². The first-order valence-electron chi connectivity index (χ1n) is 10.8. The van der Waals surface area contributed by atoms with Crippen LogP contribution in [0.1, 0.15) is 19.5 Å². The van der Waals surface area contributed by atoms with E-state index in [-0.39, 0.29) is 16.2 Å². The number of benzene rings is 1. The molecular weight excluding hydrogens is 445 g/mol. The largest absolute Gasteiger partial charge is 0.368 e. The van der Waals surface area contributed by atoms with Crippen molar-refractivity contribution in [3.05, 3.63) is 48.3 Å². The number of pyridine rings is 1. The molecule has 3 aromatic heterocycles. The molecule has 33 heavy (non-hydrogen) atoms. The number of nitrogens with zero attached hydrogens (tertiary/aromatic N) is 5. The molecule has 9 nitrogen and oxygen atoms in total. The predicted molar refractivity (Wildman–Crippen MR) is 126 cm³/mol. The summed E-state index contributed by atoms with van der Waals surface area (Å²) in [5.41, 5.74) is 2.21. The second-order valence-electron chi connectivity index (χ2n) is 8.82. The molecular formula is C22H26FN7O2S. The molecule has 4 aromatic rings. The van der Waals surface area contributed by atoms with Crippen molar-refractivity contribution < 1.29 is 12.8 Å². The number of rotatable bonds is 4. The van der Waals surface area contributed by atoms with E-state index in [0.29, 0.717) is 23.3 Å². The number of imidazole rings is 1. The molecule has 0 unspecified atom stereocenters. The first-order valence-corrected chi connectivity index (χ1v) is 12.2. The van der Waals surface area contributed by atoms with Gasteiger partial charge in [-0.2, -0.15) is 5.10 Å². The van der Waals surface area contributed by atoms with Gasteiger partial charge in [0.15, 0.2) is 11.5 Å². The second-order valence-corrected chi connectivity index (χ2v) is 10.5. The molecule has 0 amide bonds. The fourth-order valence-corrected chi connectivity index (χ4v) is 5.83. The summed E-state index contributed by atoms with van der Waals surface area (Å²) in [5.74, 6) is -0.608. The molecule has 4 heterocycles. The number of aromatic nitrogens is 4. The quantitative estimate of drug-likeness (QED) is 0.475. The summed E-state index contributed by atoms with van der Waals surface area (Å²) in [6.45, 7) is 7.62. The number of piperazine rings is 1. The van der Waals surface area contributed by atoms with Gasteiger partial charge in [0.25, 0.3) is 10.0 Å². The van der Waals surface area contributed by atoms with Crippen LogP contribution in [0.3, 0.4) is 0 Å². The molecule has 11 heteroatoms. The normalized spacial score (nSPS) is 19.5. The fourth-order valence-electron chi connectivity index (χ4n) is 4.64. The van der Waals surface area contributed by atoms with Crippen LogP contribution < -0.4 is 14.9 Å². The molecule has 0 radical (unpaired) electrons. The number of aryl methyl sites for hydroxylation is 2. The third-order valence-electron chi connectivity index (χ3n) is 5.80.